The van der Waals surface area contributed by atoms with Crippen LogP contribution in [-0.2, 0) is 11.2 Å². The van der Waals surface area contributed by atoms with Crippen LogP contribution in [0.15, 0.2) is 18.2 Å². The minimum Gasteiger partial charge on any atom is -0.377 e. The molecule has 2 rings (SSSR count). The molecule has 1 saturated carbocycles. The molecular formula is C17H25ClFNO. The topological polar surface area (TPSA) is 21.3 Å². The van der Waals surface area contributed by atoms with Crippen molar-refractivity contribution in [2.24, 2.45) is 0 Å². The minimum atomic E-state index is -0.234. The fraction of sp³-hybridized carbons (Fsp3) is 0.647. The largest absolute Gasteiger partial charge is 0.377 e. The minimum absolute atomic E-state index is 0.0648. The highest BCUT2D eigenvalue weighted by Crippen LogP contribution is 2.35. The predicted molar refractivity (Wildman–Crippen MR) is 85.4 cm³/mol. The van der Waals surface area contributed by atoms with Gasteiger partial charge >= 0.3 is 0 Å². The lowest BCUT2D eigenvalue weighted by atomic mass is 9.82. The molecule has 1 aliphatic carbocycles. The van der Waals surface area contributed by atoms with Crippen LogP contribution in [0.5, 0.6) is 0 Å². The molecule has 1 aromatic rings. The fourth-order valence-electron chi connectivity index (χ4n) is 3.50. The van der Waals surface area contributed by atoms with E-state index in [4.69, 9.17) is 16.3 Å². The van der Waals surface area contributed by atoms with E-state index >= 15 is 0 Å². The molecule has 4 heteroatoms. The Balaban J connectivity index is 2.25. The molecule has 1 aromatic carbocycles. The number of benzene rings is 1. The van der Waals surface area contributed by atoms with E-state index in [1.165, 1.54) is 18.9 Å². The van der Waals surface area contributed by atoms with Crippen LogP contribution in [0.25, 0.3) is 0 Å². The molecule has 0 heterocycles. The Morgan fingerprint density at radius 3 is 2.48 bits per heavy atom. The molecule has 0 aromatic heterocycles. The first-order valence-corrected chi connectivity index (χ1v) is 8.16. The van der Waals surface area contributed by atoms with E-state index in [0.29, 0.717) is 17.0 Å². The molecule has 1 unspecified atom stereocenters. The lowest BCUT2D eigenvalue weighted by Gasteiger charge is -2.39. The molecule has 21 heavy (non-hydrogen) atoms. The Kier molecular flexibility index (Phi) is 6.03. The summed E-state index contributed by atoms with van der Waals surface area (Å²) in [6.45, 7) is 0. The average Bonchev–Trinajstić information content (AvgIpc) is 2.73. The van der Waals surface area contributed by atoms with E-state index in [0.717, 1.165) is 25.7 Å². The van der Waals surface area contributed by atoms with Gasteiger partial charge in [0.2, 0.25) is 0 Å². The number of likely N-dealkylation sites (N-methyl/N-ethyl adjacent to an activating group) is 1. The highest BCUT2D eigenvalue weighted by Gasteiger charge is 2.39. The van der Waals surface area contributed by atoms with E-state index in [-0.39, 0.29) is 17.5 Å². The zero-order valence-corrected chi connectivity index (χ0v) is 13.7. The first-order chi connectivity index (χ1) is 10.1. The lowest BCUT2D eigenvalue weighted by molar-refractivity contribution is -0.0510. The Labute approximate surface area is 132 Å². The van der Waals surface area contributed by atoms with Gasteiger partial charge in [-0.3, -0.25) is 0 Å². The van der Waals surface area contributed by atoms with E-state index in [9.17, 15) is 4.39 Å². The van der Waals surface area contributed by atoms with Crippen LogP contribution in [-0.4, -0.2) is 25.8 Å². The first kappa shape index (κ1) is 16.7. The van der Waals surface area contributed by atoms with E-state index < -0.39 is 0 Å². The molecule has 118 valence electrons. The van der Waals surface area contributed by atoms with Gasteiger partial charge in [0.1, 0.15) is 5.82 Å². The maximum Gasteiger partial charge on any atom is 0.127 e. The van der Waals surface area contributed by atoms with Crippen LogP contribution < -0.4 is 5.32 Å². The van der Waals surface area contributed by atoms with Crippen molar-refractivity contribution in [3.63, 3.8) is 0 Å². The molecule has 0 aliphatic heterocycles. The van der Waals surface area contributed by atoms with E-state index in [1.807, 2.05) is 7.05 Å². The highest BCUT2D eigenvalue weighted by atomic mass is 35.5. The Morgan fingerprint density at radius 2 is 1.95 bits per heavy atom. The molecule has 1 atom stereocenters. The van der Waals surface area contributed by atoms with Crippen LogP contribution in [0, 0.1) is 5.82 Å². The summed E-state index contributed by atoms with van der Waals surface area (Å²) in [5.74, 6) is -0.234. The molecule has 0 saturated heterocycles. The molecule has 0 radical (unpaired) electrons. The Morgan fingerprint density at radius 1 is 1.29 bits per heavy atom. The van der Waals surface area contributed by atoms with Gasteiger partial charge in [0.05, 0.1) is 5.60 Å². The first-order valence-electron chi connectivity index (χ1n) is 7.78. The molecule has 0 amide bonds. The SMILES string of the molecule is CNC(Cc1c(F)cccc1Cl)C1(OC)CCCCCC1. The monoisotopic (exact) mass is 313 g/mol. The van der Waals surface area contributed by atoms with E-state index in [2.05, 4.69) is 5.32 Å². The molecule has 2 nitrogen and oxygen atoms in total. The molecule has 1 fully saturated rings. The van der Waals surface area contributed by atoms with Gasteiger partial charge in [-0.15, -0.1) is 0 Å². The summed E-state index contributed by atoms with van der Waals surface area (Å²) in [5.41, 5.74) is 0.357. The number of nitrogens with one attached hydrogen (secondary N) is 1. The molecule has 1 N–H and O–H groups in total. The summed E-state index contributed by atoms with van der Waals surface area (Å²) >= 11 is 6.18. The zero-order chi connectivity index (χ0) is 15.3. The quantitative estimate of drug-likeness (QED) is 0.816. The van der Waals surface area contributed by atoms with Crippen molar-refractivity contribution in [3.05, 3.63) is 34.6 Å². The van der Waals surface area contributed by atoms with Gasteiger partial charge in [-0.2, -0.15) is 0 Å². The maximum atomic E-state index is 14.1. The van der Waals surface area contributed by atoms with Crippen molar-refractivity contribution < 1.29 is 9.13 Å². The van der Waals surface area contributed by atoms with Crippen molar-refractivity contribution in [2.45, 2.75) is 56.6 Å². The van der Waals surface area contributed by atoms with Gasteiger partial charge in [-0.05, 0) is 38.4 Å². The van der Waals surface area contributed by atoms with Crippen molar-refractivity contribution in [1.82, 2.24) is 5.32 Å². The third kappa shape index (κ3) is 3.77. The molecular weight excluding hydrogens is 289 g/mol. The van der Waals surface area contributed by atoms with Gasteiger partial charge in [0, 0.05) is 23.7 Å². The van der Waals surface area contributed by atoms with Crippen LogP contribution in [0.3, 0.4) is 0 Å². The second-order valence-corrected chi connectivity index (χ2v) is 6.34. The van der Waals surface area contributed by atoms with Crippen LogP contribution in [0.4, 0.5) is 4.39 Å². The van der Waals surface area contributed by atoms with Crippen molar-refractivity contribution >= 4 is 11.6 Å². The predicted octanol–water partition coefficient (Wildman–Crippen LogP) is 4.35. The number of ether oxygens (including phenoxy) is 1. The average molecular weight is 314 g/mol. The standard InChI is InChI=1S/C17H25ClFNO/c1-20-16(12-13-14(18)8-7-9-15(13)19)17(21-2)10-5-3-4-6-11-17/h7-9,16,20H,3-6,10-12H2,1-2H3. The smallest absolute Gasteiger partial charge is 0.127 e. The summed E-state index contributed by atoms with van der Waals surface area (Å²) < 4.78 is 20.0. The fourth-order valence-corrected chi connectivity index (χ4v) is 3.74. The van der Waals surface area contributed by atoms with Crippen molar-refractivity contribution in [2.75, 3.05) is 14.2 Å². The van der Waals surface area contributed by atoms with Gasteiger partial charge in [0.25, 0.3) is 0 Å². The highest BCUT2D eigenvalue weighted by molar-refractivity contribution is 6.31. The molecule has 1 aliphatic rings. The number of hydrogen-bond acceptors (Lipinski definition) is 2. The molecule has 0 bridgehead atoms. The number of halogens is 2. The van der Waals surface area contributed by atoms with Crippen LogP contribution in [0.1, 0.15) is 44.1 Å². The molecule has 0 spiro atoms. The summed E-state index contributed by atoms with van der Waals surface area (Å²) in [5, 5.41) is 3.84. The maximum absolute atomic E-state index is 14.1. The number of methoxy groups -OCH3 is 1. The van der Waals surface area contributed by atoms with Crippen molar-refractivity contribution in [1.29, 1.82) is 0 Å². The van der Waals surface area contributed by atoms with Gasteiger partial charge in [-0.25, -0.2) is 4.39 Å². The Bertz CT molecular complexity index is 438. The van der Waals surface area contributed by atoms with E-state index in [1.54, 1.807) is 19.2 Å². The second-order valence-electron chi connectivity index (χ2n) is 5.93. The normalized spacial score (nSPS) is 20.0. The summed E-state index contributed by atoms with van der Waals surface area (Å²) in [7, 11) is 3.70. The second kappa shape index (κ2) is 7.57. The third-order valence-corrected chi connectivity index (χ3v) is 5.16. The lowest BCUT2D eigenvalue weighted by Crippen LogP contribution is -2.52. The zero-order valence-electron chi connectivity index (χ0n) is 12.9. The number of rotatable bonds is 5. The van der Waals surface area contributed by atoms with Gasteiger partial charge < -0.3 is 10.1 Å². The third-order valence-electron chi connectivity index (χ3n) is 4.81. The van der Waals surface area contributed by atoms with Crippen molar-refractivity contribution in [3.8, 4) is 0 Å². The summed E-state index contributed by atoms with van der Waals surface area (Å²) in [4.78, 5) is 0. The van der Waals surface area contributed by atoms with Gasteiger partial charge in [-0.1, -0.05) is 43.4 Å². The summed E-state index contributed by atoms with van der Waals surface area (Å²) in [6, 6.07) is 4.93. The van der Waals surface area contributed by atoms with Gasteiger partial charge in [0.15, 0.2) is 0 Å². The number of hydrogen-bond donors (Lipinski definition) is 1. The van der Waals surface area contributed by atoms with Crippen LogP contribution >= 0.6 is 11.6 Å². The Hall–Kier alpha value is -0.640. The van der Waals surface area contributed by atoms with Crippen LogP contribution in [0.2, 0.25) is 5.02 Å². The summed E-state index contributed by atoms with van der Waals surface area (Å²) in [6.07, 6.45) is 7.41.